The molecule has 0 bridgehead atoms. The van der Waals surface area contributed by atoms with Crippen molar-refractivity contribution >= 4 is 5.57 Å². The van der Waals surface area contributed by atoms with Crippen LogP contribution in [0.1, 0.15) is 17.5 Å². The predicted molar refractivity (Wildman–Crippen MR) is 60.9 cm³/mol. The second kappa shape index (κ2) is 3.70. The van der Waals surface area contributed by atoms with Crippen molar-refractivity contribution in [3.8, 4) is 0 Å². The van der Waals surface area contributed by atoms with Gasteiger partial charge in [-0.25, -0.2) is 0 Å². The fraction of sp³-hybridized carbons (Fsp3) is 0.231. The van der Waals surface area contributed by atoms with Crippen LogP contribution in [0.3, 0.4) is 0 Å². The van der Waals surface area contributed by atoms with Crippen LogP contribution >= 0.6 is 0 Å². The highest BCUT2D eigenvalue weighted by atomic mass is 14.8. The summed E-state index contributed by atoms with van der Waals surface area (Å²) in [6, 6.07) is 8.55. The Morgan fingerprint density at radius 1 is 1.29 bits per heavy atom. The highest BCUT2D eigenvalue weighted by molar-refractivity contribution is 5.79. The summed E-state index contributed by atoms with van der Waals surface area (Å²) in [7, 11) is 1.98. The molecule has 1 N–H and O–H groups in total. The quantitative estimate of drug-likeness (QED) is 0.747. The van der Waals surface area contributed by atoms with Crippen LogP contribution < -0.4 is 5.32 Å². The standard InChI is InChI=1S/C13H15N/c1-3-11-12-7-5-4-6-10(12)8-9-13(11)14-2/h3-7,14H,1,8-9H2,2H3. The van der Waals surface area contributed by atoms with Crippen molar-refractivity contribution in [3.05, 3.63) is 53.7 Å². The Balaban J connectivity index is 2.57. The third kappa shape index (κ3) is 1.35. The van der Waals surface area contributed by atoms with Crippen molar-refractivity contribution in [2.75, 3.05) is 7.05 Å². The van der Waals surface area contributed by atoms with E-state index >= 15 is 0 Å². The first kappa shape index (κ1) is 9.07. The van der Waals surface area contributed by atoms with Crippen LogP contribution in [0.4, 0.5) is 0 Å². The molecule has 14 heavy (non-hydrogen) atoms. The third-order valence-corrected chi connectivity index (χ3v) is 2.78. The fourth-order valence-electron chi connectivity index (χ4n) is 2.05. The molecule has 0 fully saturated rings. The van der Waals surface area contributed by atoms with E-state index in [1.165, 1.54) is 22.4 Å². The summed E-state index contributed by atoms with van der Waals surface area (Å²) < 4.78 is 0. The van der Waals surface area contributed by atoms with Crippen molar-refractivity contribution in [1.29, 1.82) is 0 Å². The number of hydrogen-bond donors (Lipinski definition) is 1. The molecule has 0 aromatic heterocycles. The third-order valence-electron chi connectivity index (χ3n) is 2.78. The number of hydrogen-bond acceptors (Lipinski definition) is 1. The fourth-order valence-corrected chi connectivity index (χ4v) is 2.05. The summed E-state index contributed by atoms with van der Waals surface area (Å²) in [4.78, 5) is 0. The van der Waals surface area contributed by atoms with Crippen molar-refractivity contribution in [2.45, 2.75) is 12.8 Å². The molecule has 0 aliphatic heterocycles. The maximum absolute atomic E-state index is 3.88. The molecular formula is C13H15N. The zero-order chi connectivity index (χ0) is 9.97. The maximum atomic E-state index is 3.88. The summed E-state index contributed by atoms with van der Waals surface area (Å²) in [6.45, 7) is 3.88. The molecule has 1 nitrogen and oxygen atoms in total. The molecule has 0 saturated carbocycles. The molecule has 1 aliphatic carbocycles. The van der Waals surface area contributed by atoms with Gasteiger partial charge in [0.2, 0.25) is 0 Å². The van der Waals surface area contributed by atoms with Gasteiger partial charge in [0.05, 0.1) is 0 Å². The molecule has 0 atom stereocenters. The van der Waals surface area contributed by atoms with E-state index in [1.807, 2.05) is 13.1 Å². The van der Waals surface area contributed by atoms with Crippen molar-refractivity contribution in [3.63, 3.8) is 0 Å². The molecule has 72 valence electrons. The van der Waals surface area contributed by atoms with E-state index in [2.05, 4.69) is 36.2 Å². The Kier molecular flexibility index (Phi) is 2.40. The number of rotatable bonds is 2. The van der Waals surface area contributed by atoms with E-state index in [9.17, 15) is 0 Å². The molecule has 1 aromatic carbocycles. The van der Waals surface area contributed by atoms with E-state index in [0.29, 0.717) is 0 Å². The highest BCUT2D eigenvalue weighted by Crippen LogP contribution is 2.30. The average Bonchev–Trinajstić information content (AvgIpc) is 2.27. The van der Waals surface area contributed by atoms with Crippen LogP contribution in [0.25, 0.3) is 5.57 Å². The molecule has 1 heteroatoms. The lowest BCUT2D eigenvalue weighted by atomic mass is 9.89. The first-order chi connectivity index (χ1) is 6.86. The predicted octanol–water partition coefficient (Wildman–Crippen LogP) is 2.75. The molecule has 0 spiro atoms. The van der Waals surface area contributed by atoms with E-state index in [0.717, 1.165) is 12.8 Å². The summed E-state index contributed by atoms with van der Waals surface area (Å²) >= 11 is 0. The van der Waals surface area contributed by atoms with Crippen LogP contribution in [-0.2, 0) is 6.42 Å². The Bertz CT molecular complexity index is 388. The zero-order valence-electron chi connectivity index (χ0n) is 8.51. The molecule has 0 saturated heterocycles. The second-order valence-electron chi connectivity index (χ2n) is 3.50. The van der Waals surface area contributed by atoms with E-state index in [-0.39, 0.29) is 0 Å². The average molecular weight is 185 g/mol. The lowest BCUT2D eigenvalue weighted by Gasteiger charge is -2.21. The lowest BCUT2D eigenvalue weighted by molar-refractivity contribution is 0.824. The van der Waals surface area contributed by atoms with Crippen LogP contribution in [0.15, 0.2) is 42.6 Å². The smallest absolute Gasteiger partial charge is 0.0187 e. The van der Waals surface area contributed by atoms with Crippen LogP contribution in [-0.4, -0.2) is 7.05 Å². The van der Waals surface area contributed by atoms with Crippen molar-refractivity contribution < 1.29 is 0 Å². The van der Waals surface area contributed by atoms with Gasteiger partial charge in [0.25, 0.3) is 0 Å². The van der Waals surface area contributed by atoms with Gasteiger partial charge in [-0.3, -0.25) is 0 Å². The minimum Gasteiger partial charge on any atom is -0.391 e. The minimum absolute atomic E-state index is 1.09. The van der Waals surface area contributed by atoms with Gasteiger partial charge in [0, 0.05) is 18.3 Å². The number of nitrogens with one attached hydrogen (secondary N) is 1. The van der Waals surface area contributed by atoms with Gasteiger partial charge in [-0.15, -0.1) is 0 Å². The van der Waals surface area contributed by atoms with Gasteiger partial charge in [-0.05, 0) is 24.0 Å². The van der Waals surface area contributed by atoms with Gasteiger partial charge in [0.15, 0.2) is 0 Å². The number of fused-ring (bicyclic) bond motifs is 1. The zero-order valence-corrected chi connectivity index (χ0v) is 8.51. The normalized spacial score (nSPS) is 14.9. The lowest BCUT2D eigenvalue weighted by Crippen LogP contribution is -2.14. The molecule has 1 aliphatic rings. The maximum Gasteiger partial charge on any atom is 0.0187 e. The van der Waals surface area contributed by atoms with Crippen LogP contribution in [0.5, 0.6) is 0 Å². The summed E-state index contributed by atoms with van der Waals surface area (Å²) in [6.07, 6.45) is 4.17. The molecule has 0 amide bonds. The Morgan fingerprint density at radius 2 is 2.07 bits per heavy atom. The van der Waals surface area contributed by atoms with Gasteiger partial charge < -0.3 is 5.32 Å². The van der Waals surface area contributed by atoms with Crippen LogP contribution in [0, 0.1) is 0 Å². The van der Waals surface area contributed by atoms with Gasteiger partial charge >= 0.3 is 0 Å². The summed E-state index contributed by atoms with van der Waals surface area (Å²) in [5.74, 6) is 0. The summed E-state index contributed by atoms with van der Waals surface area (Å²) in [5, 5.41) is 3.25. The second-order valence-corrected chi connectivity index (χ2v) is 3.50. The molecule has 0 unspecified atom stereocenters. The Hall–Kier alpha value is -1.50. The van der Waals surface area contributed by atoms with E-state index in [4.69, 9.17) is 0 Å². The molecule has 2 rings (SSSR count). The van der Waals surface area contributed by atoms with Crippen molar-refractivity contribution in [1.82, 2.24) is 5.32 Å². The Labute approximate surface area is 85.2 Å². The number of allylic oxidation sites excluding steroid dienone is 3. The minimum atomic E-state index is 1.09. The SMILES string of the molecule is C=CC1=C(NC)CCc2ccccc21. The summed E-state index contributed by atoms with van der Waals surface area (Å²) in [5.41, 5.74) is 5.33. The number of benzene rings is 1. The van der Waals surface area contributed by atoms with E-state index < -0.39 is 0 Å². The molecular weight excluding hydrogens is 170 g/mol. The monoisotopic (exact) mass is 185 g/mol. The topological polar surface area (TPSA) is 12.0 Å². The highest BCUT2D eigenvalue weighted by Gasteiger charge is 2.14. The van der Waals surface area contributed by atoms with Gasteiger partial charge in [-0.1, -0.05) is 36.9 Å². The number of aryl methyl sites for hydroxylation is 1. The first-order valence-corrected chi connectivity index (χ1v) is 4.98. The Morgan fingerprint density at radius 3 is 2.79 bits per heavy atom. The molecule has 0 heterocycles. The molecule has 0 radical (unpaired) electrons. The largest absolute Gasteiger partial charge is 0.391 e. The van der Waals surface area contributed by atoms with Crippen molar-refractivity contribution in [2.24, 2.45) is 0 Å². The van der Waals surface area contributed by atoms with Gasteiger partial charge in [0.1, 0.15) is 0 Å². The molecule has 1 aromatic rings. The van der Waals surface area contributed by atoms with Gasteiger partial charge in [-0.2, -0.15) is 0 Å². The van der Waals surface area contributed by atoms with E-state index in [1.54, 1.807) is 0 Å². The van der Waals surface area contributed by atoms with Crippen LogP contribution in [0.2, 0.25) is 0 Å². The first-order valence-electron chi connectivity index (χ1n) is 4.98.